The molecule has 0 amide bonds. The van der Waals surface area contributed by atoms with Gasteiger partial charge in [0.2, 0.25) is 5.69 Å². The summed E-state index contributed by atoms with van der Waals surface area (Å²) in [5.74, 6) is 0. The van der Waals surface area contributed by atoms with E-state index in [-0.39, 0.29) is 0 Å². The molecule has 8 heteroatoms. The molecule has 0 atom stereocenters. The molecule has 2 aromatic heterocycles. The number of hydrogen-bond donors (Lipinski definition) is 1. The van der Waals surface area contributed by atoms with Crippen molar-refractivity contribution in [3.63, 3.8) is 0 Å². The number of anilines is 1. The SMILES string of the molecule is CC[n+]1ccccc1C=CC=Cc1ccc(N(C)C)cc1.[O-][Cl+3]([O-])([O-])O.c1ccncc1. The highest BCUT2D eigenvalue weighted by Crippen LogP contribution is 2.13. The highest BCUT2D eigenvalue weighted by atomic mass is 35.7. The predicted octanol–water partition coefficient (Wildman–Crippen LogP) is 0.744. The lowest BCUT2D eigenvalue weighted by Crippen LogP contribution is -2.58. The van der Waals surface area contributed by atoms with E-state index in [1.807, 2.05) is 18.2 Å². The quantitative estimate of drug-likeness (QED) is 0.446. The Labute approximate surface area is 191 Å². The second-order valence-electron chi connectivity index (χ2n) is 6.54. The molecule has 0 unspecified atom stereocenters. The van der Waals surface area contributed by atoms with E-state index in [4.69, 9.17) is 18.6 Å². The highest BCUT2D eigenvalue weighted by molar-refractivity contribution is 5.58. The van der Waals surface area contributed by atoms with E-state index in [0.29, 0.717) is 0 Å². The van der Waals surface area contributed by atoms with Crippen molar-refractivity contribution >= 4 is 17.8 Å². The lowest BCUT2D eigenvalue weighted by molar-refractivity contribution is -1.92. The van der Waals surface area contributed by atoms with Gasteiger partial charge in [-0.3, -0.25) is 4.98 Å². The molecule has 7 nitrogen and oxygen atoms in total. The minimum Gasteiger partial charge on any atom is -0.378 e. The molecule has 0 spiro atoms. The van der Waals surface area contributed by atoms with Gasteiger partial charge >= 0.3 is 0 Å². The fourth-order valence-electron chi connectivity index (χ4n) is 2.45. The molecule has 0 bridgehead atoms. The molecule has 0 fully saturated rings. The van der Waals surface area contributed by atoms with Crippen LogP contribution in [0, 0.1) is 10.2 Å². The summed E-state index contributed by atoms with van der Waals surface area (Å²) in [5.41, 5.74) is 3.64. The normalized spacial score (nSPS) is 10.8. The summed E-state index contributed by atoms with van der Waals surface area (Å²) in [6.45, 7) is 3.13. The molecule has 170 valence electrons. The maximum atomic E-state index is 8.60. The van der Waals surface area contributed by atoms with Gasteiger partial charge in [0.15, 0.2) is 6.20 Å². The topological polar surface area (TPSA) is 109 Å². The molecule has 0 saturated heterocycles. The number of benzene rings is 1. The molecular weight excluding hydrogens is 430 g/mol. The molecule has 3 rings (SSSR count). The number of halogens is 1. The van der Waals surface area contributed by atoms with E-state index < -0.39 is 10.2 Å². The summed E-state index contributed by atoms with van der Waals surface area (Å²) in [4.78, 5) is 5.89. The first-order chi connectivity index (χ1) is 15.2. The van der Waals surface area contributed by atoms with E-state index >= 15 is 0 Å². The standard InChI is InChI=1S/C19H23N2.C5H5N.ClHO4/c1-4-21-16-8-7-11-19(21)10-6-5-9-17-12-14-18(15-13-17)20(2)3;1-2-4-6-5-3-1;2-1(3,4)5/h5-16H,4H2,1-3H3;1-5H;(H,2,3,4,5)/q+1;;. The number of nitrogens with zero attached hydrogens (tertiary/aromatic N) is 3. The largest absolute Gasteiger partial charge is 0.378 e. The van der Waals surface area contributed by atoms with Crippen LogP contribution in [0.2, 0.25) is 0 Å². The van der Waals surface area contributed by atoms with Crippen LogP contribution < -0.4 is 23.4 Å². The van der Waals surface area contributed by atoms with Crippen LogP contribution >= 0.6 is 0 Å². The molecule has 0 aliphatic carbocycles. The minimum absolute atomic E-state index is 0.982. The molecule has 0 aliphatic heterocycles. The second kappa shape index (κ2) is 14.9. The van der Waals surface area contributed by atoms with Crippen LogP contribution in [0.3, 0.4) is 0 Å². The number of hydrogen-bond acceptors (Lipinski definition) is 6. The van der Waals surface area contributed by atoms with E-state index in [1.54, 1.807) is 12.4 Å². The predicted molar refractivity (Wildman–Crippen MR) is 118 cm³/mol. The van der Waals surface area contributed by atoms with Gasteiger partial charge in [-0.15, -0.1) is 0 Å². The van der Waals surface area contributed by atoms with Crippen LogP contribution in [-0.4, -0.2) is 23.7 Å². The third-order valence-electron chi connectivity index (χ3n) is 3.96. The summed E-state index contributed by atoms with van der Waals surface area (Å²) in [6.07, 6.45) is 14.0. The smallest absolute Gasteiger partial charge is 0.205 e. The number of pyridine rings is 2. The first-order valence-electron chi connectivity index (χ1n) is 9.79. The van der Waals surface area contributed by atoms with Gasteiger partial charge in [0.05, 0.1) is 14.9 Å². The van der Waals surface area contributed by atoms with E-state index in [1.165, 1.54) is 16.9 Å². The van der Waals surface area contributed by atoms with Crippen molar-refractivity contribution in [2.45, 2.75) is 13.5 Å². The summed E-state index contributed by atoms with van der Waals surface area (Å²) in [5, 5.41) is 0. The van der Waals surface area contributed by atoms with Crippen LogP contribution in [-0.2, 0) is 6.54 Å². The molecule has 1 N–H and O–H groups in total. The zero-order chi connectivity index (χ0) is 23.8. The first-order valence-corrected chi connectivity index (χ1v) is 11.1. The van der Waals surface area contributed by atoms with Crippen molar-refractivity contribution < 1.29 is 33.4 Å². The molecular formula is C24H29ClN3O4+. The van der Waals surface area contributed by atoms with Crippen molar-refractivity contribution in [3.8, 4) is 0 Å². The number of aryl methyl sites for hydroxylation is 1. The van der Waals surface area contributed by atoms with Gasteiger partial charge in [0.25, 0.3) is 0 Å². The Morgan fingerprint density at radius 1 is 0.906 bits per heavy atom. The fraction of sp³-hybridized carbons (Fsp3) is 0.167. The van der Waals surface area contributed by atoms with Crippen molar-refractivity contribution in [3.05, 3.63) is 103 Å². The summed E-state index contributed by atoms with van der Waals surface area (Å²) in [6, 6.07) is 20.5. The summed E-state index contributed by atoms with van der Waals surface area (Å²) >= 11 is 0. The average molecular weight is 459 g/mol. The van der Waals surface area contributed by atoms with E-state index in [9.17, 15) is 0 Å². The van der Waals surface area contributed by atoms with Crippen molar-refractivity contribution in [2.75, 3.05) is 19.0 Å². The zero-order valence-electron chi connectivity index (χ0n) is 18.4. The van der Waals surface area contributed by atoms with Gasteiger partial charge in [-0.1, -0.05) is 36.4 Å². The van der Waals surface area contributed by atoms with E-state index in [0.717, 1.165) is 6.54 Å². The Morgan fingerprint density at radius 3 is 1.97 bits per heavy atom. The summed E-state index contributed by atoms with van der Waals surface area (Å²) in [7, 11) is -0.590. The van der Waals surface area contributed by atoms with Gasteiger partial charge in [0.1, 0.15) is 6.54 Å². The number of aromatic nitrogens is 2. The monoisotopic (exact) mass is 458 g/mol. The Bertz CT molecular complexity index is 909. The Morgan fingerprint density at radius 2 is 1.50 bits per heavy atom. The molecule has 0 saturated carbocycles. The van der Waals surface area contributed by atoms with Crippen LogP contribution in [0.1, 0.15) is 18.2 Å². The van der Waals surface area contributed by atoms with Gasteiger partial charge < -0.3 is 4.90 Å². The maximum Gasteiger partial charge on any atom is 0.205 e. The van der Waals surface area contributed by atoms with Crippen LogP contribution in [0.15, 0.2) is 91.4 Å². The van der Waals surface area contributed by atoms with Gasteiger partial charge in [0, 0.05) is 50.4 Å². The van der Waals surface area contributed by atoms with Crippen LogP contribution in [0.4, 0.5) is 5.69 Å². The Hall–Kier alpha value is -3.07. The Balaban J connectivity index is 0.000000381. The molecule has 1 aromatic carbocycles. The summed E-state index contributed by atoms with van der Waals surface area (Å²) < 4.78 is 34.9. The van der Waals surface area contributed by atoms with Gasteiger partial charge in [-0.25, -0.2) is 0 Å². The van der Waals surface area contributed by atoms with Crippen molar-refractivity contribution in [2.24, 2.45) is 0 Å². The van der Waals surface area contributed by atoms with Crippen LogP contribution in [0.5, 0.6) is 0 Å². The van der Waals surface area contributed by atoms with Crippen molar-refractivity contribution in [1.29, 1.82) is 0 Å². The molecule has 0 radical (unpaired) electrons. The zero-order valence-corrected chi connectivity index (χ0v) is 19.2. The minimum atomic E-state index is -4.69. The van der Waals surface area contributed by atoms with Crippen LogP contribution in [0.25, 0.3) is 12.2 Å². The molecule has 0 aliphatic rings. The van der Waals surface area contributed by atoms with Crippen molar-refractivity contribution in [1.82, 2.24) is 4.98 Å². The van der Waals surface area contributed by atoms with Gasteiger partial charge in [-0.05, 0) is 42.8 Å². The third-order valence-corrected chi connectivity index (χ3v) is 3.96. The first kappa shape index (κ1) is 27.0. The average Bonchev–Trinajstić information content (AvgIpc) is 2.78. The lowest BCUT2D eigenvalue weighted by atomic mass is 10.2. The highest BCUT2D eigenvalue weighted by Gasteiger charge is 2.01. The van der Waals surface area contributed by atoms with E-state index in [2.05, 4.69) is 108 Å². The molecule has 3 aromatic rings. The number of rotatable bonds is 5. The number of allylic oxidation sites excluding steroid dienone is 2. The maximum absolute atomic E-state index is 8.60. The second-order valence-corrected chi connectivity index (χ2v) is 7.33. The Kier molecular flexibility index (Phi) is 12.5. The van der Waals surface area contributed by atoms with Gasteiger partial charge in [-0.2, -0.15) is 18.5 Å². The molecule has 32 heavy (non-hydrogen) atoms. The lowest BCUT2D eigenvalue weighted by Gasteiger charge is -2.11. The fourth-order valence-corrected chi connectivity index (χ4v) is 2.45. The third kappa shape index (κ3) is 13.3. The molecule has 2 heterocycles.